The van der Waals surface area contributed by atoms with Crippen LogP contribution in [-0.4, -0.2) is 45.7 Å². The topological polar surface area (TPSA) is 64.2 Å². The number of rotatable bonds is 6. The van der Waals surface area contributed by atoms with Gasteiger partial charge in [0.2, 0.25) is 0 Å². The van der Waals surface area contributed by atoms with Crippen molar-refractivity contribution in [2.45, 2.75) is 25.6 Å². The van der Waals surface area contributed by atoms with E-state index in [0.29, 0.717) is 19.6 Å². The molecule has 1 atom stereocenters. The third kappa shape index (κ3) is 3.91. The van der Waals surface area contributed by atoms with Gasteiger partial charge in [0, 0.05) is 38.6 Å². The maximum atomic E-state index is 10.1. The van der Waals surface area contributed by atoms with E-state index in [1.54, 1.807) is 12.4 Å². The van der Waals surface area contributed by atoms with Crippen LogP contribution >= 0.6 is 0 Å². The van der Waals surface area contributed by atoms with Crippen LogP contribution in [0.3, 0.4) is 0 Å². The molecule has 112 valence electrons. The first-order chi connectivity index (χ1) is 10.3. The van der Waals surface area contributed by atoms with Gasteiger partial charge in [-0.05, 0) is 17.5 Å². The van der Waals surface area contributed by atoms with Gasteiger partial charge in [-0.2, -0.15) is 0 Å². The summed E-state index contributed by atoms with van der Waals surface area (Å²) in [5.41, 5.74) is 2.83. The monoisotopic (exact) mass is 286 g/mol. The molecule has 0 amide bonds. The molecule has 0 saturated carbocycles. The summed E-state index contributed by atoms with van der Waals surface area (Å²) in [5, 5.41) is 13.4. The second kappa shape index (κ2) is 6.85. The van der Waals surface area contributed by atoms with Gasteiger partial charge in [0.25, 0.3) is 0 Å². The Morgan fingerprint density at radius 1 is 1.33 bits per heavy atom. The van der Waals surface area contributed by atoms with E-state index >= 15 is 0 Å². The van der Waals surface area contributed by atoms with Gasteiger partial charge in [-0.15, -0.1) is 0 Å². The standard InChI is InChI=1S/C16H22N4O/c21-15(9-17-10-16-18-6-7-19-16)12-20-8-5-13-3-1-2-4-14(13)11-20/h1-4,6-7,15,17,21H,5,8-12H2,(H,18,19). The molecular weight excluding hydrogens is 264 g/mol. The van der Waals surface area contributed by atoms with Gasteiger partial charge in [-0.1, -0.05) is 24.3 Å². The smallest absolute Gasteiger partial charge is 0.120 e. The predicted molar refractivity (Wildman–Crippen MR) is 81.7 cm³/mol. The molecule has 1 aromatic heterocycles. The summed E-state index contributed by atoms with van der Waals surface area (Å²) in [5.74, 6) is 0.897. The SMILES string of the molecule is OC(CNCc1ncc[nH]1)CN1CCc2ccccc2C1. The number of hydrogen-bond acceptors (Lipinski definition) is 4. The molecule has 0 spiro atoms. The number of aliphatic hydroxyl groups is 1. The molecule has 5 heteroatoms. The van der Waals surface area contributed by atoms with Gasteiger partial charge >= 0.3 is 0 Å². The highest BCUT2D eigenvalue weighted by atomic mass is 16.3. The fourth-order valence-corrected chi connectivity index (χ4v) is 2.82. The zero-order chi connectivity index (χ0) is 14.5. The molecular formula is C16H22N4O. The van der Waals surface area contributed by atoms with Crippen LogP contribution in [0, 0.1) is 0 Å². The van der Waals surface area contributed by atoms with Crippen molar-refractivity contribution in [3.63, 3.8) is 0 Å². The van der Waals surface area contributed by atoms with Crippen LogP contribution < -0.4 is 5.32 Å². The lowest BCUT2D eigenvalue weighted by Crippen LogP contribution is -2.40. The van der Waals surface area contributed by atoms with Crippen molar-refractivity contribution >= 4 is 0 Å². The highest BCUT2D eigenvalue weighted by molar-refractivity contribution is 5.29. The van der Waals surface area contributed by atoms with Crippen molar-refractivity contribution in [2.75, 3.05) is 19.6 Å². The van der Waals surface area contributed by atoms with Crippen LogP contribution in [0.25, 0.3) is 0 Å². The van der Waals surface area contributed by atoms with E-state index in [1.807, 2.05) is 0 Å². The highest BCUT2D eigenvalue weighted by Gasteiger charge is 2.18. The normalized spacial score (nSPS) is 16.6. The molecule has 3 rings (SSSR count). The lowest BCUT2D eigenvalue weighted by Gasteiger charge is -2.30. The minimum Gasteiger partial charge on any atom is -0.390 e. The van der Waals surface area contributed by atoms with E-state index in [2.05, 4.69) is 44.5 Å². The molecule has 1 unspecified atom stereocenters. The summed E-state index contributed by atoms with van der Waals surface area (Å²) in [6.07, 6.45) is 4.25. The maximum absolute atomic E-state index is 10.1. The number of H-pyrrole nitrogens is 1. The Morgan fingerprint density at radius 3 is 3.00 bits per heavy atom. The largest absolute Gasteiger partial charge is 0.390 e. The average Bonchev–Trinajstić information content (AvgIpc) is 3.00. The molecule has 0 bridgehead atoms. The summed E-state index contributed by atoms with van der Waals surface area (Å²) >= 11 is 0. The number of aliphatic hydroxyl groups excluding tert-OH is 1. The molecule has 1 aromatic carbocycles. The van der Waals surface area contributed by atoms with E-state index in [-0.39, 0.29) is 6.10 Å². The predicted octanol–water partition coefficient (Wildman–Crippen LogP) is 0.918. The average molecular weight is 286 g/mol. The second-order valence-corrected chi connectivity index (χ2v) is 5.57. The van der Waals surface area contributed by atoms with Gasteiger partial charge in [0.1, 0.15) is 5.82 Å². The minimum atomic E-state index is -0.356. The first-order valence-electron chi connectivity index (χ1n) is 7.47. The molecule has 0 radical (unpaired) electrons. The number of hydrogen-bond donors (Lipinski definition) is 3. The molecule has 3 N–H and O–H groups in total. The first kappa shape index (κ1) is 14.3. The maximum Gasteiger partial charge on any atom is 0.120 e. The van der Waals surface area contributed by atoms with Gasteiger partial charge in [0.05, 0.1) is 12.6 Å². The van der Waals surface area contributed by atoms with Crippen molar-refractivity contribution in [1.29, 1.82) is 0 Å². The molecule has 0 saturated heterocycles. The third-order valence-corrected chi connectivity index (χ3v) is 3.91. The van der Waals surface area contributed by atoms with Crippen molar-refractivity contribution in [1.82, 2.24) is 20.2 Å². The summed E-state index contributed by atoms with van der Waals surface area (Å²) < 4.78 is 0. The van der Waals surface area contributed by atoms with Gasteiger partial charge in [-0.25, -0.2) is 4.98 Å². The van der Waals surface area contributed by atoms with Crippen molar-refractivity contribution in [3.05, 3.63) is 53.6 Å². The zero-order valence-electron chi connectivity index (χ0n) is 12.1. The fraction of sp³-hybridized carbons (Fsp3) is 0.438. The van der Waals surface area contributed by atoms with Crippen LogP contribution in [0.2, 0.25) is 0 Å². The Bertz CT molecular complexity index is 555. The molecule has 2 heterocycles. The van der Waals surface area contributed by atoms with E-state index in [4.69, 9.17) is 0 Å². The van der Waals surface area contributed by atoms with Crippen LogP contribution in [0.1, 0.15) is 17.0 Å². The van der Waals surface area contributed by atoms with Crippen molar-refractivity contribution in [2.24, 2.45) is 0 Å². The molecule has 21 heavy (non-hydrogen) atoms. The highest BCUT2D eigenvalue weighted by Crippen LogP contribution is 2.18. The number of nitrogens with one attached hydrogen (secondary N) is 2. The number of nitrogens with zero attached hydrogens (tertiary/aromatic N) is 2. The van der Waals surface area contributed by atoms with Crippen LogP contribution in [0.4, 0.5) is 0 Å². The second-order valence-electron chi connectivity index (χ2n) is 5.57. The molecule has 2 aromatic rings. The lowest BCUT2D eigenvalue weighted by atomic mass is 10.00. The minimum absolute atomic E-state index is 0.356. The molecule has 1 aliphatic heterocycles. The Morgan fingerprint density at radius 2 is 2.19 bits per heavy atom. The molecule has 1 aliphatic rings. The number of aromatic nitrogens is 2. The third-order valence-electron chi connectivity index (χ3n) is 3.91. The number of benzene rings is 1. The number of imidazole rings is 1. The number of aromatic amines is 1. The Balaban J connectivity index is 1.42. The van der Waals surface area contributed by atoms with E-state index in [1.165, 1.54) is 11.1 Å². The Hall–Kier alpha value is -1.69. The molecule has 5 nitrogen and oxygen atoms in total. The zero-order valence-corrected chi connectivity index (χ0v) is 12.1. The lowest BCUT2D eigenvalue weighted by molar-refractivity contribution is 0.104. The quantitative estimate of drug-likeness (QED) is 0.739. The summed E-state index contributed by atoms with van der Waals surface area (Å²) in [4.78, 5) is 9.50. The summed E-state index contributed by atoms with van der Waals surface area (Å²) in [6.45, 7) is 3.91. The number of fused-ring (bicyclic) bond motifs is 1. The van der Waals surface area contributed by atoms with E-state index in [0.717, 1.165) is 25.3 Å². The molecule has 0 aliphatic carbocycles. The van der Waals surface area contributed by atoms with Gasteiger partial charge in [0.15, 0.2) is 0 Å². The Kier molecular flexibility index (Phi) is 4.65. The van der Waals surface area contributed by atoms with Crippen LogP contribution in [0.5, 0.6) is 0 Å². The van der Waals surface area contributed by atoms with Gasteiger partial charge in [-0.3, -0.25) is 4.90 Å². The first-order valence-corrected chi connectivity index (χ1v) is 7.47. The Labute approximate surface area is 125 Å². The van der Waals surface area contributed by atoms with Crippen LogP contribution in [-0.2, 0) is 19.5 Å². The van der Waals surface area contributed by atoms with E-state index < -0.39 is 0 Å². The van der Waals surface area contributed by atoms with Crippen LogP contribution in [0.15, 0.2) is 36.7 Å². The summed E-state index contributed by atoms with van der Waals surface area (Å²) in [6, 6.07) is 8.57. The fourth-order valence-electron chi connectivity index (χ4n) is 2.82. The number of β-amino-alcohol motifs (C(OH)–C–C–N with tert-alkyl or cyclic N) is 1. The van der Waals surface area contributed by atoms with E-state index in [9.17, 15) is 5.11 Å². The van der Waals surface area contributed by atoms with Crippen molar-refractivity contribution in [3.8, 4) is 0 Å². The summed E-state index contributed by atoms with van der Waals surface area (Å²) in [7, 11) is 0. The molecule has 0 fully saturated rings. The van der Waals surface area contributed by atoms with Gasteiger partial charge < -0.3 is 15.4 Å². The van der Waals surface area contributed by atoms with Crippen molar-refractivity contribution < 1.29 is 5.11 Å².